The number of halogens is 1. The lowest BCUT2D eigenvalue weighted by molar-refractivity contribution is 0.179. The molecule has 0 bridgehead atoms. The molecule has 3 rings (SSSR count). The molecule has 1 aliphatic rings. The number of piperidine rings is 1. The first kappa shape index (κ1) is 19.8. The number of thiophene rings is 1. The zero-order chi connectivity index (χ0) is 18.9. The molecule has 2 N–H and O–H groups in total. The van der Waals surface area contributed by atoms with Crippen LogP contribution >= 0.6 is 11.3 Å². The van der Waals surface area contributed by atoms with Crippen molar-refractivity contribution in [1.29, 1.82) is 0 Å². The molecule has 6 heteroatoms. The number of rotatable bonds is 7. The van der Waals surface area contributed by atoms with Gasteiger partial charge in [0.1, 0.15) is 5.82 Å². The Labute approximate surface area is 165 Å². The third-order valence-electron chi connectivity index (χ3n) is 5.07. The van der Waals surface area contributed by atoms with Crippen LogP contribution in [0.15, 0.2) is 46.8 Å². The SMILES string of the molecule is CN=C(NCCc1ccc(F)cc1)NCC1CCN(Cc2cccs2)CC1. The fourth-order valence-corrected chi connectivity index (χ4v) is 4.16. The third-order valence-corrected chi connectivity index (χ3v) is 5.93. The summed E-state index contributed by atoms with van der Waals surface area (Å²) >= 11 is 1.84. The van der Waals surface area contributed by atoms with E-state index in [2.05, 4.69) is 38.0 Å². The molecule has 0 radical (unpaired) electrons. The van der Waals surface area contributed by atoms with E-state index in [1.807, 2.05) is 23.5 Å². The predicted octanol–water partition coefficient (Wildman–Crippen LogP) is 3.51. The predicted molar refractivity (Wildman–Crippen MR) is 112 cm³/mol. The number of benzene rings is 1. The van der Waals surface area contributed by atoms with Crippen LogP contribution < -0.4 is 10.6 Å². The Morgan fingerprint density at radius 1 is 1.19 bits per heavy atom. The van der Waals surface area contributed by atoms with Gasteiger partial charge in [-0.2, -0.15) is 0 Å². The van der Waals surface area contributed by atoms with Crippen LogP contribution in [0, 0.1) is 11.7 Å². The second-order valence-corrected chi connectivity index (χ2v) is 8.09. The molecule has 1 saturated heterocycles. The Kier molecular flexibility index (Phi) is 7.66. The highest BCUT2D eigenvalue weighted by Gasteiger charge is 2.19. The van der Waals surface area contributed by atoms with Gasteiger partial charge in [0.05, 0.1) is 0 Å². The Balaban J connectivity index is 1.32. The second-order valence-electron chi connectivity index (χ2n) is 7.06. The van der Waals surface area contributed by atoms with Gasteiger partial charge in [0.15, 0.2) is 5.96 Å². The van der Waals surface area contributed by atoms with Crippen molar-refractivity contribution in [2.45, 2.75) is 25.8 Å². The van der Waals surface area contributed by atoms with Gasteiger partial charge in [0.25, 0.3) is 0 Å². The standard InChI is InChI=1S/C21H29FN4S/c1-23-21(24-11-8-17-4-6-19(22)7-5-17)25-15-18-9-12-26(13-10-18)16-20-3-2-14-27-20/h2-7,14,18H,8-13,15-16H2,1H3,(H2,23,24,25). The van der Waals surface area contributed by atoms with E-state index < -0.39 is 0 Å². The lowest BCUT2D eigenvalue weighted by atomic mass is 9.97. The topological polar surface area (TPSA) is 39.7 Å². The van der Waals surface area contributed by atoms with Crippen LogP contribution in [0.25, 0.3) is 0 Å². The molecular weight excluding hydrogens is 359 g/mol. The summed E-state index contributed by atoms with van der Waals surface area (Å²) in [5.74, 6) is 1.35. The van der Waals surface area contributed by atoms with Gasteiger partial charge in [-0.1, -0.05) is 18.2 Å². The number of hydrogen-bond acceptors (Lipinski definition) is 3. The van der Waals surface area contributed by atoms with Crippen molar-refractivity contribution in [2.24, 2.45) is 10.9 Å². The van der Waals surface area contributed by atoms with Gasteiger partial charge in [-0.3, -0.25) is 9.89 Å². The summed E-state index contributed by atoms with van der Waals surface area (Å²) < 4.78 is 12.9. The molecule has 27 heavy (non-hydrogen) atoms. The largest absolute Gasteiger partial charge is 0.356 e. The number of hydrogen-bond donors (Lipinski definition) is 2. The van der Waals surface area contributed by atoms with E-state index in [1.165, 1.54) is 42.9 Å². The number of aliphatic imine (C=N–C) groups is 1. The molecule has 4 nitrogen and oxygen atoms in total. The molecular formula is C21H29FN4S. The van der Waals surface area contributed by atoms with Crippen molar-refractivity contribution >= 4 is 17.3 Å². The van der Waals surface area contributed by atoms with E-state index in [1.54, 1.807) is 7.05 Å². The molecule has 1 aromatic carbocycles. The summed E-state index contributed by atoms with van der Waals surface area (Å²) in [7, 11) is 1.80. The highest BCUT2D eigenvalue weighted by Crippen LogP contribution is 2.20. The minimum Gasteiger partial charge on any atom is -0.356 e. The van der Waals surface area contributed by atoms with Crippen LogP contribution in [-0.4, -0.2) is 44.1 Å². The first-order valence-corrected chi connectivity index (χ1v) is 10.5. The monoisotopic (exact) mass is 388 g/mol. The van der Waals surface area contributed by atoms with E-state index >= 15 is 0 Å². The van der Waals surface area contributed by atoms with E-state index in [-0.39, 0.29) is 5.82 Å². The Bertz CT molecular complexity index is 691. The summed E-state index contributed by atoms with van der Waals surface area (Å²) in [6.45, 7) is 5.17. The van der Waals surface area contributed by atoms with Gasteiger partial charge >= 0.3 is 0 Å². The zero-order valence-electron chi connectivity index (χ0n) is 16.0. The molecule has 1 fully saturated rings. The number of likely N-dealkylation sites (tertiary alicyclic amines) is 1. The van der Waals surface area contributed by atoms with Gasteiger partial charge in [0, 0.05) is 31.6 Å². The molecule has 0 spiro atoms. The summed E-state index contributed by atoms with van der Waals surface area (Å²) in [4.78, 5) is 8.32. The maximum atomic E-state index is 12.9. The third kappa shape index (κ3) is 6.63. The minimum absolute atomic E-state index is 0.189. The highest BCUT2D eigenvalue weighted by molar-refractivity contribution is 7.09. The number of guanidine groups is 1. The number of nitrogens with zero attached hydrogens (tertiary/aromatic N) is 2. The lowest BCUT2D eigenvalue weighted by Gasteiger charge is -2.32. The molecule has 0 atom stereocenters. The van der Waals surface area contributed by atoms with Crippen molar-refractivity contribution in [1.82, 2.24) is 15.5 Å². The van der Waals surface area contributed by atoms with Gasteiger partial charge < -0.3 is 10.6 Å². The minimum atomic E-state index is -0.189. The second kappa shape index (κ2) is 10.4. The average Bonchev–Trinajstić information content (AvgIpc) is 3.20. The van der Waals surface area contributed by atoms with E-state index in [0.29, 0.717) is 5.92 Å². The Hall–Kier alpha value is -1.92. The molecule has 2 aromatic rings. The summed E-state index contributed by atoms with van der Waals surface area (Å²) in [5, 5.41) is 8.96. The van der Waals surface area contributed by atoms with Crippen molar-refractivity contribution in [3.8, 4) is 0 Å². The van der Waals surface area contributed by atoms with Gasteiger partial charge in [-0.05, 0) is 67.4 Å². The normalized spacial score (nSPS) is 16.4. The molecule has 0 aliphatic carbocycles. The van der Waals surface area contributed by atoms with Crippen LogP contribution in [0.4, 0.5) is 4.39 Å². The van der Waals surface area contributed by atoms with E-state index in [9.17, 15) is 4.39 Å². The molecule has 2 heterocycles. The molecule has 1 aliphatic heterocycles. The first-order valence-electron chi connectivity index (χ1n) is 9.66. The van der Waals surface area contributed by atoms with Crippen LogP contribution in [0.2, 0.25) is 0 Å². The van der Waals surface area contributed by atoms with E-state index in [0.717, 1.165) is 37.6 Å². The number of nitrogens with one attached hydrogen (secondary N) is 2. The molecule has 1 aromatic heterocycles. The molecule has 0 saturated carbocycles. The maximum absolute atomic E-state index is 12.9. The molecule has 0 amide bonds. The summed E-state index contributed by atoms with van der Waals surface area (Å²) in [5.41, 5.74) is 1.12. The van der Waals surface area contributed by atoms with Gasteiger partial charge in [0.2, 0.25) is 0 Å². The first-order chi connectivity index (χ1) is 13.2. The Morgan fingerprint density at radius 3 is 2.63 bits per heavy atom. The lowest BCUT2D eigenvalue weighted by Crippen LogP contribution is -2.43. The Morgan fingerprint density at radius 2 is 1.96 bits per heavy atom. The summed E-state index contributed by atoms with van der Waals surface area (Å²) in [6.07, 6.45) is 3.30. The highest BCUT2D eigenvalue weighted by atomic mass is 32.1. The van der Waals surface area contributed by atoms with Crippen LogP contribution in [0.1, 0.15) is 23.3 Å². The van der Waals surface area contributed by atoms with Crippen LogP contribution in [0.5, 0.6) is 0 Å². The van der Waals surface area contributed by atoms with Gasteiger partial charge in [-0.25, -0.2) is 4.39 Å². The van der Waals surface area contributed by atoms with Crippen LogP contribution in [-0.2, 0) is 13.0 Å². The van der Waals surface area contributed by atoms with Crippen molar-refractivity contribution in [3.05, 3.63) is 58.0 Å². The molecule has 146 valence electrons. The van der Waals surface area contributed by atoms with Crippen LogP contribution in [0.3, 0.4) is 0 Å². The molecule has 0 unspecified atom stereocenters. The quantitative estimate of drug-likeness (QED) is 0.563. The van der Waals surface area contributed by atoms with E-state index in [4.69, 9.17) is 0 Å². The van der Waals surface area contributed by atoms with Crippen molar-refractivity contribution in [3.63, 3.8) is 0 Å². The summed E-state index contributed by atoms with van der Waals surface area (Å²) in [6, 6.07) is 11.0. The van der Waals surface area contributed by atoms with Crippen molar-refractivity contribution in [2.75, 3.05) is 33.2 Å². The zero-order valence-corrected chi connectivity index (χ0v) is 16.8. The smallest absolute Gasteiger partial charge is 0.190 e. The van der Waals surface area contributed by atoms with Gasteiger partial charge in [-0.15, -0.1) is 11.3 Å². The fraction of sp³-hybridized carbons (Fsp3) is 0.476. The maximum Gasteiger partial charge on any atom is 0.190 e. The fourth-order valence-electron chi connectivity index (χ4n) is 3.41. The van der Waals surface area contributed by atoms with Crippen molar-refractivity contribution < 1.29 is 4.39 Å². The average molecular weight is 389 g/mol.